The van der Waals surface area contributed by atoms with Gasteiger partial charge in [0.15, 0.2) is 5.82 Å². The molecule has 0 saturated heterocycles. The molecule has 0 fully saturated rings. The van der Waals surface area contributed by atoms with Gasteiger partial charge in [0.05, 0.1) is 12.1 Å². The van der Waals surface area contributed by atoms with Gasteiger partial charge in [-0.15, -0.1) is 0 Å². The van der Waals surface area contributed by atoms with Gasteiger partial charge in [0, 0.05) is 16.5 Å². The Morgan fingerprint density at radius 3 is 2.30 bits per heavy atom. The molecule has 0 amide bonds. The summed E-state index contributed by atoms with van der Waals surface area (Å²) in [5.41, 5.74) is 2.61. The minimum Gasteiger partial charge on any atom is -0.494 e. The van der Waals surface area contributed by atoms with Crippen LogP contribution in [0.25, 0.3) is 22.3 Å². The minimum absolute atomic E-state index is 0.131. The van der Waals surface area contributed by atoms with Crippen molar-refractivity contribution in [2.45, 2.75) is 6.92 Å². The lowest BCUT2D eigenvalue weighted by Crippen LogP contribution is -2.07. The van der Waals surface area contributed by atoms with E-state index in [4.69, 9.17) is 4.74 Å². The normalized spacial score (nSPS) is 10.7. The lowest BCUT2D eigenvalue weighted by Gasteiger charge is -2.09. The average Bonchev–Trinajstić information content (AvgIpc) is 2.74. The van der Waals surface area contributed by atoms with Crippen molar-refractivity contribution in [2.75, 3.05) is 6.61 Å². The summed E-state index contributed by atoms with van der Waals surface area (Å²) in [5.74, 6) is 1.16. The molecule has 0 N–H and O–H groups in total. The van der Waals surface area contributed by atoms with Crippen LogP contribution in [-0.4, -0.2) is 22.4 Å². The standard InChI is InChI=1S/C23H18N2O2/c1-2-27-18-14-12-16(13-15-18)22(26)21-19-10-6-7-11-20(19)24-23(25-21)17-8-4-3-5-9-17/h3-15H,2H2,1H3. The molecule has 1 heterocycles. The smallest absolute Gasteiger partial charge is 0.212 e. The number of carbonyl (C=O) groups excluding carboxylic acids is 1. The van der Waals surface area contributed by atoms with Crippen molar-refractivity contribution >= 4 is 16.7 Å². The van der Waals surface area contributed by atoms with Gasteiger partial charge in [-0.2, -0.15) is 0 Å². The second-order valence-electron chi connectivity index (χ2n) is 6.07. The SMILES string of the molecule is CCOc1ccc(C(=O)c2nc(-c3ccccc3)nc3ccccc23)cc1. The van der Waals surface area contributed by atoms with E-state index in [0.29, 0.717) is 23.7 Å². The molecule has 4 nitrogen and oxygen atoms in total. The molecule has 0 aliphatic heterocycles. The predicted octanol–water partition coefficient (Wildman–Crippen LogP) is 4.93. The third-order valence-corrected chi connectivity index (χ3v) is 4.28. The average molecular weight is 354 g/mol. The first-order chi connectivity index (χ1) is 13.3. The highest BCUT2D eigenvalue weighted by Gasteiger charge is 2.17. The van der Waals surface area contributed by atoms with E-state index in [0.717, 1.165) is 22.2 Å². The molecule has 0 aliphatic carbocycles. The van der Waals surface area contributed by atoms with Crippen LogP contribution in [0.3, 0.4) is 0 Å². The highest BCUT2D eigenvalue weighted by Crippen LogP contribution is 2.24. The van der Waals surface area contributed by atoms with Gasteiger partial charge in [-0.25, -0.2) is 9.97 Å². The summed E-state index contributed by atoms with van der Waals surface area (Å²) in [7, 11) is 0. The number of fused-ring (bicyclic) bond motifs is 1. The number of rotatable bonds is 5. The summed E-state index contributed by atoms with van der Waals surface area (Å²) in [6.07, 6.45) is 0. The molecular weight excluding hydrogens is 336 g/mol. The van der Waals surface area contributed by atoms with E-state index in [2.05, 4.69) is 9.97 Å². The highest BCUT2D eigenvalue weighted by molar-refractivity contribution is 6.14. The van der Waals surface area contributed by atoms with Crippen LogP contribution in [0.2, 0.25) is 0 Å². The number of hydrogen-bond acceptors (Lipinski definition) is 4. The number of carbonyl (C=O) groups is 1. The minimum atomic E-state index is -0.131. The fraction of sp³-hybridized carbons (Fsp3) is 0.0870. The molecule has 0 bridgehead atoms. The van der Waals surface area contributed by atoms with Crippen LogP contribution in [0.15, 0.2) is 78.9 Å². The Bertz CT molecular complexity index is 1090. The fourth-order valence-electron chi connectivity index (χ4n) is 2.97. The number of hydrogen-bond donors (Lipinski definition) is 0. The lowest BCUT2D eigenvalue weighted by atomic mass is 10.0. The molecule has 0 atom stereocenters. The third kappa shape index (κ3) is 3.42. The van der Waals surface area contributed by atoms with E-state index < -0.39 is 0 Å². The molecule has 132 valence electrons. The number of ether oxygens (including phenoxy) is 1. The van der Waals surface area contributed by atoms with Crippen LogP contribution < -0.4 is 4.74 Å². The maximum absolute atomic E-state index is 13.2. The van der Waals surface area contributed by atoms with Crippen LogP contribution in [0.1, 0.15) is 23.0 Å². The summed E-state index contributed by atoms with van der Waals surface area (Å²) >= 11 is 0. The first-order valence-corrected chi connectivity index (χ1v) is 8.86. The van der Waals surface area contributed by atoms with Gasteiger partial charge in [0.25, 0.3) is 0 Å². The Balaban J connectivity index is 1.83. The Labute approximate surface area is 157 Å². The topological polar surface area (TPSA) is 52.1 Å². The molecule has 0 saturated carbocycles. The second kappa shape index (κ2) is 7.38. The van der Waals surface area contributed by atoms with E-state index >= 15 is 0 Å². The molecule has 4 aromatic rings. The Morgan fingerprint density at radius 1 is 0.852 bits per heavy atom. The van der Waals surface area contributed by atoms with Crippen LogP contribution in [0.4, 0.5) is 0 Å². The zero-order valence-corrected chi connectivity index (χ0v) is 14.9. The van der Waals surface area contributed by atoms with E-state index in [9.17, 15) is 4.79 Å². The summed E-state index contributed by atoms with van der Waals surface area (Å²) < 4.78 is 5.46. The van der Waals surface area contributed by atoms with Gasteiger partial charge in [0.1, 0.15) is 11.4 Å². The van der Waals surface area contributed by atoms with Crippen LogP contribution in [0.5, 0.6) is 5.75 Å². The van der Waals surface area contributed by atoms with Crippen molar-refractivity contribution in [3.8, 4) is 17.1 Å². The van der Waals surface area contributed by atoms with Gasteiger partial charge in [-0.05, 0) is 37.3 Å². The number of benzene rings is 3. The Morgan fingerprint density at radius 2 is 1.56 bits per heavy atom. The van der Waals surface area contributed by atoms with Crippen molar-refractivity contribution < 1.29 is 9.53 Å². The molecule has 0 aliphatic rings. The van der Waals surface area contributed by atoms with Crippen molar-refractivity contribution in [3.63, 3.8) is 0 Å². The summed E-state index contributed by atoms with van der Waals surface area (Å²) in [4.78, 5) is 22.4. The van der Waals surface area contributed by atoms with Crippen molar-refractivity contribution in [1.82, 2.24) is 9.97 Å². The maximum Gasteiger partial charge on any atom is 0.212 e. The zero-order chi connectivity index (χ0) is 18.6. The first kappa shape index (κ1) is 16.9. The van der Waals surface area contributed by atoms with Gasteiger partial charge < -0.3 is 4.74 Å². The lowest BCUT2D eigenvalue weighted by molar-refractivity contribution is 0.103. The molecule has 0 radical (unpaired) electrons. The summed E-state index contributed by atoms with van der Waals surface area (Å²) in [5, 5.41) is 0.746. The van der Waals surface area contributed by atoms with Crippen LogP contribution >= 0.6 is 0 Å². The van der Waals surface area contributed by atoms with Crippen molar-refractivity contribution in [3.05, 3.63) is 90.1 Å². The zero-order valence-electron chi connectivity index (χ0n) is 14.9. The quantitative estimate of drug-likeness (QED) is 0.477. The van der Waals surface area contributed by atoms with Gasteiger partial charge >= 0.3 is 0 Å². The molecule has 4 heteroatoms. The van der Waals surface area contributed by atoms with E-state index in [1.807, 2.05) is 61.5 Å². The van der Waals surface area contributed by atoms with Crippen molar-refractivity contribution in [1.29, 1.82) is 0 Å². The van der Waals surface area contributed by atoms with E-state index in [1.165, 1.54) is 0 Å². The second-order valence-corrected chi connectivity index (χ2v) is 6.07. The first-order valence-electron chi connectivity index (χ1n) is 8.86. The Kier molecular flexibility index (Phi) is 4.62. The van der Waals surface area contributed by atoms with Crippen LogP contribution in [-0.2, 0) is 0 Å². The van der Waals surface area contributed by atoms with Gasteiger partial charge in [-0.3, -0.25) is 4.79 Å². The molecule has 0 unspecified atom stereocenters. The number of nitrogens with zero attached hydrogens (tertiary/aromatic N) is 2. The van der Waals surface area contributed by atoms with Crippen LogP contribution in [0, 0.1) is 0 Å². The molecule has 4 rings (SSSR count). The summed E-state index contributed by atoms with van der Waals surface area (Å²) in [6.45, 7) is 2.52. The largest absolute Gasteiger partial charge is 0.494 e. The summed E-state index contributed by atoms with van der Waals surface area (Å²) in [6, 6.07) is 24.4. The molecular formula is C23H18N2O2. The highest BCUT2D eigenvalue weighted by atomic mass is 16.5. The maximum atomic E-state index is 13.2. The Hall–Kier alpha value is -3.53. The van der Waals surface area contributed by atoms with Gasteiger partial charge in [-0.1, -0.05) is 48.5 Å². The van der Waals surface area contributed by atoms with Gasteiger partial charge in [0.2, 0.25) is 5.78 Å². The molecule has 3 aromatic carbocycles. The number of aromatic nitrogens is 2. The monoisotopic (exact) mass is 354 g/mol. The number of para-hydroxylation sites is 1. The molecule has 1 aromatic heterocycles. The van der Waals surface area contributed by atoms with E-state index in [1.54, 1.807) is 24.3 Å². The fourth-order valence-corrected chi connectivity index (χ4v) is 2.97. The predicted molar refractivity (Wildman–Crippen MR) is 106 cm³/mol. The third-order valence-electron chi connectivity index (χ3n) is 4.28. The molecule has 27 heavy (non-hydrogen) atoms. The van der Waals surface area contributed by atoms with Crippen molar-refractivity contribution in [2.24, 2.45) is 0 Å². The number of ketones is 1. The molecule has 0 spiro atoms. The van der Waals surface area contributed by atoms with E-state index in [-0.39, 0.29) is 5.78 Å².